The smallest absolute Gasteiger partial charge is 0.258 e. The van der Waals surface area contributed by atoms with Gasteiger partial charge < -0.3 is 10.1 Å². The van der Waals surface area contributed by atoms with Crippen molar-refractivity contribution in [3.63, 3.8) is 0 Å². The molecule has 1 unspecified atom stereocenters. The van der Waals surface area contributed by atoms with Gasteiger partial charge in [-0.05, 0) is 41.3 Å². The monoisotopic (exact) mass is 359 g/mol. The number of hydrogen-bond donors (Lipinski definition) is 1. The second kappa shape index (κ2) is 7.90. The number of amides is 1. The number of thiophene rings is 1. The summed E-state index contributed by atoms with van der Waals surface area (Å²) in [5.41, 5.74) is 0.767. The van der Waals surface area contributed by atoms with E-state index in [1.165, 1.54) is 41.7 Å². The van der Waals surface area contributed by atoms with Crippen LogP contribution in [0.25, 0.3) is 0 Å². The second-order valence-electron chi connectivity index (χ2n) is 5.31. The van der Waals surface area contributed by atoms with Crippen molar-refractivity contribution in [1.29, 1.82) is 0 Å². The number of rotatable bonds is 6. The van der Waals surface area contributed by atoms with E-state index < -0.39 is 11.9 Å². The first kappa shape index (κ1) is 17.1. The van der Waals surface area contributed by atoms with Gasteiger partial charge in [0.05, 0.1) is 6.04 Å². The third-order valence-electron chi connectivity index (χ3n) is 3.50. The van der Waals surface area contributed by atoms with Crippen LogP contribution >= 0.6 is 11.3 Å². The molecule has 0 aliphatic rings. The van der Waals surface area contributed by atoms with Gasteiger partial charge in [0.1, 0.15) is 17.4 Å². The minimum atomic E-state index is -0.430. The Morgan fingerprint density at radius 3 is 2.52 bits per heavy atom. The van der Waals surface area contributed by atoms with Crippen LogP contribution in [0.2, 0.25) is 0 Å². The van der Waals surface area contributed by atoms with Crippen molar-refractivity contribution in [2.24, 2.45) is 0 Å². The predicted molar refractivity (Wildman–Crippen MR) is 92.6 cm³/mol. The van der Waals surface area contributed by atoms with Gasteiger partial charge in [0.15, 0.2) is 6.61 Å². The summed E-state index contributed by atoms with van der Waals surface area (Å²) in [6, 6.07) is 14.9. The molecule has 0 radical (unpaired) electrons. The molecule has 1 atom stereocenters. The van der Waals surface area contributed by atoms with Gasteiger partial charge in [-0.25, -0.2) is 8.78 Å². The number of carbonyl (C=O) groups is 1. The molecule has 0 aliphatic carbocycles. The third kappa shape index (κ3) is 4.64. The maximum atomic E-state index is 13.2. The van der Waals surface area contributed by atoms with Crippen LogP contribution in [0, 0.1) is 11.6 Å². The van der Waals surface area contributed by atoms with Crippen molar-refractivity contribution in [1.82, 2.24) is 5.32 Å². The molecule has 1 heterocycles. The van der Waals surface area contributed by atoms with Crippen LogP contribution in [0.4, 0.5) is 8.78 Å². The lowest BCUT2D eigenvalue weighted by Crippen LogP contribution is -2.32. The molecule has 0 saturated heterocycles. The Morgan fingerprint density at radius 1 is 1.04 bits per heavy atom. The molecule has 6 heteroatoms. The van der Waals surface area contributed by atoms with Crippen LogP contribution in [0.3, 0.4) is 0 Å². The summed E-state index contributed by atoms with van der Waals surface area (Å²) in [6.45, 7) is -0.244. The first-order valence-electron chi connectivity index (χ1n) is 7.58. The number of halogens is 2. The number of nitrogens with one attached hydrogen (secondary N) is 1. The molecule has 0 fully saturated rings. The van der Waals surface area contributed by atoms with Gasteiger partial charge in [0, 0.05) is 10.9 Å². The quantitative estimate of drug-likeness (QED) is 0.712. The van der Waals surface area contributed by atoms with Gasteiger partial charge >= 0.3 is 0 Å². The highest BCUT2D eigenvalue weighted by Crippen LogP contribution is 2.26. The van der Waals surface area contributed by atoms with E-state index in [1.807, 2.05) is 17.5 Å². The first-order valence-corrected chi connectivity index (χ1v) is 8.46. The van der Waals surface area contributed by atoms with E-state index in [1.54, 1.807) is 18.2 Å². The minimum absolute atomic E-state index is 0.244. The summed E-state index contributed by atoms with van der Waals surface area (Å²) < 4.78 is 31.6. The molecule has 0 aliphatic heterocycles. The van der Waals surface area contributed by atoms with Crippen molar-refractivity contribution < 1.29 is 18.3 Å². The average Bonchev–Trinajstić information content (AvgIpc) is 3.13. The fourth-order valence-corrected chi connectivity index (χ4v) is 3.14. The Balaban J connectivity index is 1.69. The highest BCUT2D eigenvalue weighted by molar-refractivity contribution is 7.10. The van der Waals surface area contributed by atoms with Crippen molar-refractivity contribution >= 4 is 17.2 Å². The van der Waals surface area contributed by atoms with Crippen LogP contribution in [-0.2, 0) is 4.79 Å². The molecule has 1 aromatic heterocycles. The molecule has 0 bridgehead atoms. The minimum Gasteiger partial charge on any atom is -0.484 e. The van der Waals surface area contributed by atoms with E-state index in [9.17, 15) is 13.6 Å². The lowest BCUT2D eigenvalue weighted by molar-refractivity contribution is -0.123. The summed E-state index contributed by atoms with van der Waals surface area (Å²) in [5, 5.41) is 4.77. The molecule has 3 nitrogen and oxygen atoms in total. The number of benzene rings is 2. The van der Waals surface area contributed by atoms with Crippen LogP contribution in [0.1, 0.15) is 16.5 Å². The molecular weight excluding hydrogens is 344 g/mol. The Labute approximate surface area is 147 Å². The number of carbonyl (C=O) groups excluding carboxylic acids is 1. The normalized spacial score (nSPS) is 11.8. The molecule has 0 spiro atoms. The number of hydrogen-bond acceptors (Lipinski definition) is 3. The Hall–Kier alpha value is -2.73. The van der Waals surface area contributed by atoms with Crippen LogP contribution in [0.5, 0.6) is 5.75 Å². The molecular formula is C19H15F2NO2S. The van der Waals surface area contributed by atoms with Gasteiger partial charge in [-0.1, -0.05) is 24.3 Å². The van der Waals surface area contributed by atoms with Crippen LogP contribution in [-0.4, -0.2) is 12.5 Å². The van der Waals surface area contributed by atoms with Crippen LogP contribution in [0.15, 0.2) is 66.0 Å². The van der Waals surface area contributed by atoms with Crippen molar-refractivity contribution in [2.75, 3.05) is 6.61 Å². The van der Waals surface area contributed by atoms with E-state index in [0.29, 0.717) is 0 Å². The predicted octanol–water partition coefficient (Wildman–Crippen LogP) is 4.31. The summed E-state index contributed by atoms with van der Waals surface area (Å²) in [5.74, 6) is -0.841. The Morgan fingerprint density at radius 2 is 1.84 bits per heavy atom. The SMILES string of the molecule is O=C(COc1cccc(F)c1)NC(c1ccc(F)cc1)c1cccs1. The maximum Gasteiger partial charge on any atom is 0.258 e. The largest absolute Gasteiger partial charge is 0.484 e. The molecule has 0 saturated carbocycles. The van der Waals surface area contributed by atoms with E-state index in [2.05, 4.69) is 5.32 Å². The topological polar surface area (TPSA) is 38.3 Å². The third-order valence-corrected chi connectivity index (χ3v) is 4.44. The fraction of sp³-hybridized carbons (Fsp3) is 0.105. The lowest BCUT2D eigenvalue weighted by atomic mass is 10.1. The van der Waals surface area contributed by atoms with E-state index >= 15 is 0 Å². The average molecular weight is 359 g/mol. The molecule has 2 aromatic carbocycles. The van der Waals surface area contributed by atoms with Gasteiger partial charge in [-0.3, -0.25) is 4.79 Å². The maximum absolute atomic E-state index is 13.2. The zero-order chi connectivity index (χ0) is 17.6. The highest BCUT2D eigenvalue weighted by Gasteiger charge is 2.18. The molecule has 25 heavy (non-hydrogen) atoms. The van der Waals surface area contributed by atoms with Crippen LogP contribution < -0.4 is 10.1 Å². The Kier molecular flexibility index (Phi) is 5.40. The summed E-state index contributed by atoms with van der Waals surface area (Å²) in [4.78, 5) is 13.2. The van der Waals surface area contributed by atoms with Crippen molar-refractivity contribution in [3.05, 3.63) is 88.1 Å². The lowest BCUT2D eigenvalue weighted by Gasteiger charge is -2.18. The van der Waals surface area contributed by atoms with Gasteiger partial charge in [0.2, 0.25) is 0 Å². The fourth-order valence-electron chi connectivity index (χ4n) is 2.34. The summed E-state index contributed by atoms with van der Waals surface area (Å²) in [6.07, 6.45) is 0. The molecule has 1 N–H and O–H groups in total. The van der Waals surface area contributed by atoms with Gasteiger partial charge in [-0.2, -0.15) is 0 Å². The van der Waals surface area contributed by atoms with Gasteiger partial charge in [0.25, 0.3) is 5.91 Å². The second-order valence-corrected chi connectivity index (χ2v) is 6.29. The van der Waals surface area contributed by atoms with E-state index in [4.69, 9.17) is 4.74 Å². The first-order chi connectivity index (χ1) is 12.1. The van der Waals surface area contributed by atoms with E-state index in [-0.39, 0.29) is 24.1 Å². The zero-order valence-corrected chi connectivity index (χ0v) is 13.9. The molecule has 3 rings (SSSR count). The zero-order valence-electron chi connectivity index (χ0n) is 13.1. The van der Waals surface area contributed by atoms with E-state index in [0.717, 1.165) is 10.4 Å². The highest BCUT2D eigenvalue weighted by atomic mass is 32.1. The van der Waals surface area contributed by atoms with Crippen molar-refractivity contribution in [2.45, 2.75) is 6.04 Å². The molecule has 3 aromatic rings. The van der Waals surface area contributed by atoms with Crippen molar-refractivity contribution in [3.8, 4) is 5.75 Å². The number of ether oxygens (including phenoxy) is 1. The standard InChI is InChI=1S/C19H15F2NO2S/c20-14-8-6-13(7-9-14)19(17-5-2-10-25-17)22-18(23)12-24-16-4-1-3-15(21)11-16/h1-11,19H,12H2,(H,22,23). The molecule has 1 amide bonds. The molecule has 128 valence electrons. The summed E-state index contributed by atoms with van der Waals surface area (Å²) in [7, 11) is 0. The Bertz CT molecular complexity index is 835. The summed E-state index contributed by atoms with van der Waals surface area (Å²) >= 11 is 1.49. The van der Waals surface area contributed by atoms with Gasteiger partial charge in [-0.15, -0.1) is 11.3 Å².